The van der Waals surface area contributed by atoms with Crippen molar-refractivity contribution in [3.05, 3.63) is 12.2 Å². The van der Waals surface area contributed by atoms with Gasteiger partial charge in [0.05, 0.1) is 0 Å². The fraction of sp³-hybridized carbons (Fsp3) is 0.700. The van der Waals surface area contributed by atoms with E-state index in [0.29, 0.717) is 12.0 Å². The van der Waals surface area contributed by atoms with E-state index in [1.54, 1.807) is 0 Å². The first-order valence-corrected chi connectivity index (χ1v) is 4.36. The lowest BCUT2D eigenvalue weighted by Crippen LogP contribution is -2.09. The van der Waals surface area contributed by atoms with E-state index < -0.39 is 0 Å². The summed E-state index contributed by atoms with van der Waals surface area (Å²) in [4.78, 5) is 4.37. The summed E-state index contributed by atoms with van der Waals surface area (Å²) >= 11 is 0. The standard InChI is InChI=1S/C10H19N/c1-5-7-8-11-10(4)9(3)6-2/h5,7-10H,6H2,1-4H3/b7-5-,11-8?. The Morgan fingerprint density at radius 3 is 2.45 bits per heavy atom. The Labute approximate surface area is 70.2 Å². The molecule has 11 heavy (non-hydrogen) atoms. The highest BCUT2D eigenvalue weighted by atomic mass is 14.8. The van der Waals surface area contributed by atoms with E-state index in [-0.39, 0.29) is 0 Å². The first kappa shape index (κ1) is 10.4. The van der Waals surface area contributed by atoms with Gasteiger partial charge in [0.15, 0.2) is 0 Å². The van der Waals surface area contributed by atoms with Crippen molar-refractivity contribution in [3.63, 3.8) is 0 Å². The van der Waals surface area contributed by atoms with Gasteiger partial charge in [-0.3, -0.25) is 4.99 Å². The summed E-state index contributed by atoms with van der Waals surface area (Å²) in [6.45, 7) is 8.60. The van der Waals surface area contributed by atoms with Gasteiger partial charge in [-0.15, -0.1) is 0 Å². The van der Waals surface area contributed by atoms with Crippen LogP contribution in [0.2, 0.25) is 0 Å². The van der Waals surface area contributed by atoms with Crippen LogP contribution in [0.15, 0.2) is 17.1 Å². The summed E-state index contributed by atoms with van der Waals surface area (Å²) in [6.07, 6.45) is 7.05. The summed E-state index contributed by atoms with van der Waals surface area (Å²) in [5.74, 6) is 0.691. The molecule has 0 aliphatic rings. The van der Waals surface area contributed by atoms with E-state index in [1.165, 1.54) is 6.42 Å². The van der Waals surface area contributed by atoms with Crippen LogP contribution in [0.3, 0.4) is 0 Å². The highest BCUT2D eigenvalue weighted by Crippen LogP contribution is 2.09. The topological polar surface area (TPSA) is 12.4 Å². The molecule has 0 aromatic heterocycles. The van der Waals surface area contributed by atoms with E-state index in [9.17, 15) is 0 Å². The minimum absolute atomic E-state index is 0.455. The maximum Gasteiger partial charge on any atom is 0.0496 e. The van der Waals surface area contributed by atoms with Gasteiger partial charge in [-0.25, -0.2) is 0 Å². The summed E-state index contributed by atoms with van der Waals surface area (Å²) in [5.41, 5.74) is 0. The average Bonchev–Trinajstić information content (AvgIpc) is 2.03. The number of hydrogen-bond donors (Lipinski definition) is 0. The number of rotatable bonds is 4. The zero-order valence-corrected chi connectivity index (χ0v) is 8.04. The van der Waals surface area contributed by atoms with Crippen LogP contribution in [-0.2, 0) is 0 Å². The maximum absolute atomic E-state index is 4.37. The summed E-state index contributed by atoms with van der Waals surface area (Å²) in [7, 11) is 0. The molecule has 0 aliphatic carbocycles. The van der Waals surface area contributed by atoms with Crippen LogP contribution in [0.4, 0.5) is 0 Å². The molecular weight excluding hydrogens is 134 g/mol. The molecule has 0 fully saturated rings. The molecule has 2 atom stereocenters. The molecule has 0 N–H and O–H groups in total. The lowest BCUT2D eigenvalue weighted by Gasteiger charge is -2.12. The minimum Gasteiger partial charge on any atom is -0.290 e. The van der Waals surface area contributed by atoms with E-state index in [4.69, 9.17) is 0 Å². The van der Waals surface area contributed by atoms with Crippen LogP contribution in [-0.4, -0.2) is 12.3 Å². The van der Waals surface area contributed by atoms with Gasteiger partial charge in [0.1, 0.15) is 0 Å². The molecule has 64 valence electrons. The Morgan fingerprint density at radius 1 is 1.36 bits per heavy atom. The van der Waals surface area contributed by atoms with Crippen LogP contribution in [0.5, 0.6) is 0 Å². The first-order chi connectivity index (χ1) is 5.22. The van der Waals surface area contributed by atoms with Crippen molar-refractivity contribution in [1.29, 1.82) is 0 Å². The average molecular weight is 153 g/mol. The third-order valence-electron chi connectivity index (χ3n) is 2.07. The van der Waals surface area contributed by atoms with E-state index >= 15 is 0 Å². The fourth-order valence-electron chi connectivity index (χ4n) is 0.760. The van der Waals surface area contributed by atoms with E-state index in [0.717, 1.165) is 0 Å². The van der Waals surface area contributed by atoms with Crippen molar-refractivity contribution in [3.8, 4) is 0 Å². The smallest absolute Gasteiger partial charge is 0.0496 e. The molecule has 1 heteroatoms. The second kappa shape index (κ2) is 6.14. The number of allylic oxidation sites excluding steroid dienone is 2. The molecule has 0 radical (unpaired) electrons. The van der Waals surface area contributed by atoms with Gasteiger partial charge in [-0.2, -0.15) is 0 Å². The Bertz CT molecular complexity index is 136. The normalized spacial score (nSPS) is 17.8. The van der Waals surface area contributed by atoms with Crippen molar-refractivity contribution in [2.45, 2.75) is 40.2 Å². The Hall–Kier alpha value is -0.590. The molecule has 0 saturated carbocycles. The third-order valence-corrected chi connectivity index (χ3v) is 2.07. The molecule has 0 saturated heterocycles. The fourth-order valence-corrected chi connectivity index (χ4v) is 0.760. The highest BCUT2D eigenvalue weighted by molar-refractivity contribution is 5.70. The molecule has 1 nitrogen and oxygen atoms in total. The Balaban J connectivity index is 3.75. The van der Waals surface area contributed by atoms with Gasteiger partial charge in [-0.1, -0.05) is 26.3 Å². The summed E-state index contributed by atoms with van der Waals surface area (Å²) in [6, 6.07) is 0.455. The van der Waals surface area contributed by atoms with E-state index in [1.807, 2.05) is 25.3 Å². The van der Waals surface area contributed by atoms with Gasteiger partial charge in [-0.05, 0) is 25.8 Å². The first-order valence-electron chi connectivity index (χ1n) is 4.36. The molecule has 0 aliphatic heterocycles. The molecular formula is C10H19N. The maximum atomic E-state index is 4.37. The predicted octanol–water partition coefficient (Wildman–Crippen LogP) is 3.07. The van der Waals surface area contributed by atoms with Crippen molar-refractivity contribution in [2.24, 2.45) is 10.9 Å². The quantitative estimate of drug-likeness (QED) is 0.550. The third kappa shape index (κ3) is 4.77. The molecule has 0 heterocycles. The van der Waals surface area contributed by atoms with Gasteiger partial charge >= 0.3 is 0 Å². The summed E-state index contributed by atoms with van der Waals surface area (Å²) in [5, 5.41) is 0. The monoisotopic (exact) mass is 153 g/mol. The lowest BCUT2D eigenvalue weighted by atomic mass is 10.0. The molecule has 0 amide bonds. The highest BCUT2D eigenvalue weighted by Gasteiger charge is 2.05. The Kier molecular flexibility index (Phi) is 5.81. The number of nitrogens with zero attached hydrogens (tertiary/aromatic N) is 1. The van der Waals surface area contributed by atoms with E-state index in [2.05, 4.69) is 25.8 Å². The number of hydrogen-bond acceptors (Lipinski definition) is 1. The van der Waals surface area contributed by atoms with Crippen LogP contribution < -0.4 is 0 Å². The zero-order valence-electron chi connectivity index (χ0n) is 8.04. The summed E-state index contributed by atoms with van der Waals surface area (Å²) < 4.78 is 0. The molecule has 0 rings (SSSR count). The van der Waals surface area contributed by atoms with Crippen molar-refractivity contribution >= 4 is 6.21 Å². The second-order valence-corrected chi connectivity index (χ2v) is 2.95. The number of aliphatic imine (C=N–C) groups is 1. The SMILES string of the molecule is C/C=C\C=NC(C)C(C)CC. The molecule has 0 spiro atoms. The minimum atomic E-state index is 0.455. The van der Waals surface area contributed by atoms with Crippen molar-refractivity contribution < 1.29 is 0 Å². The second-order valence-electron chi connectivity index (χ2n) is 2.95. The van der Waals surface area contributed by atoms with Gasteiger partial charge in [0.2, 0.25) is 0 Å². The largest absolute Gasteiger partial charge is 0.290 e. The van der Waals surface area contributed by atoms with Gasteiger partial charge in [0.25, 0.3) is 0 Å². The zero-order chi connectivity index (χ0) is 8.69. The lowest BCUT2D eigenvalue weighted by molar-refractivity contribution is 0.473. The molecule has 0 bridgehead atoms. The van der Waals surface area contributed by atoms with Crippen molar-refractivity contribution in [1.82, 2.24) is 0 Å². The molecule has 0 aromatic rings. The van der Waals surface area contributed by atoms with Gasteiger partial charge in [0, 0.05) is 12.3 Å². The van der Waals surface area contributed by atoms with Crippen LogP contribution in [0, 0.1) is 5.92 Å². The van der Waals surface area contributed by atoms with Crippen LogP contribution >= 0.6 is 0 Å². The van der Waals surface area contributed by atoms with Crippen LogP contribution in [0.1, 0.15) is 34.1 Å². The molecule has 2 unspecified atom stereocenters. The van der Waals surface area contributed by atoms with Gasteiger partial charge < -0.3 is 0 Å². The van der Waals surface area contributed by atoms with Crippen molar-refractivity contribution in [2.75, 3.05) is 0 Å². The predicted molar refractivity (Wildman–Crippen MR) is 52.2 cm³/mol. The van der Waals surface area contributed by atoms with Crippen LogP contribution in [0.25, 0.3) is 0 Å². The molecule has 0 aromatic carbocycles. The Morgan fingerprint density at radius 2 is 2.00 bits per heavy atom.